The van der Waals surface area contributed by atoms with Gasteiger partial charge in [-0.2, -0.15) is 0 Å². The van der Waals surface area contributed by atoms with E-state index in [1.807, 2.05) is 61.5 Å². The molecule has 3 aromatic rings. The summed E-state index contributed by atoms with van der Waals surface area (Å²) in [5, 5.41) is 5.59. The van der Waals surface area contributed by atoms with E-state index in [1.165, 1.54) is 0 Å². The highest BCUT2D eigenvalue weighted by Gasteiger charge is 2.25. The molecule has 0 bridgehead atoms. The topological polar surface area (TPSA) is 106 Å². The van der Waals surface area contributed by atoms with E-state index in [2.05, 4.69) is 15.6 Å². The van der Waals surface area contributed by atoms with Gasteiger partial charge in [0.25, 0.3) is 0 Å². The van der Waals surface area contributed by atoms with Gasteiger partial charge in [-0.25, -0.2) is 4.79 Å². The Balaban J connectivity index is 1.83. The Morgan fingerprint density at radius 3 is 2.42 bits per heavy atom. The van der Waals surface area contributed by atoms with E-state index >= 15 is 0 Å². The van der Waals surface area contributed by atoms with Gasteiger partial charge >= 0.3 is 6.09 Å². The minimum Gasteiger partial charge on any atom is -0.444 e. The van der Waals surface area contributed by atoms with Crippen LogP contribution in [0, 0.1) is 6.92 Å². The molecule has 0 saturated heterocycles. The minimum atomic E-state index is -0.838. The monoisotopic (exact) mass is 446 g/mol. The van der Waals surface area contributed by atoms with Gasteiger partial charge in [0.05, 0.1) is 0 Å². The molecule has 2 aromatic carbocycles. The number of benzene rings is 2. The van der Waals surface area contributed by atoms with E-state index in [9.17, 15) is 9.59 Å². The molecule has 0 aliphatic rings. The Morgan fingerprint density at radius 1 is 1.03 bits per heavy atom. The second-order valence-corrected chi connectivity index (χ2v) is 8.91. The smallest absolute Gasteiger partial charge is 0.408 e. The first-order valence-corrected chi connectivity index (χ1v) is 10.8. The molecular weight excluding hydrogens is 416 g/mol. The van der Waals surface area contributed by atoms with Crippen LogP contribution in [-0.4, -0.2) is 28.6 Å². The molecule has 33 heavy (non-hydrogen) atoms. The van der Waals surface area contributed by atoms with Crippen molar-refractivity contribution in [3.05, 3.63) is 78.1 Å². The van der Waals surface area contributed by atoms with Crippen molar-refractivity contribution in [1.82, 2.24) is 10.3 Å². The van der Waals surface area contributed by atoms with E-state index in [-0.39, 0.29) is 5.91 Å². The molecule has 0 aliphatic carbocycles. The van der Waals surface area contributed by atoms with Crippen LogP contribution in [0.15, 0.2) is 66.9 Å². The Bertz CT molecular complexity index is 1120. The fraction of sp³-hybridized carbons (Fsp3) is 0.269. The summed E-state index contributed by atoms with van der Waals surface area (Å²) in [6.45, 7) is 7.23. The summed E-state index contributed by atoms with van der Waals surface area (Å²) < 4.78 is 5.36. The lowest BCUT2D eigenvalue weighted by molar-refractivity contribution is -0.118. The fourth-order valence-electron chi connectivity index (χ4n) is 3.35. The number of nitrogens with two attached hydrogens (primary N) is 1. The van der Waals surface area contributed by atoms with E-state index in [1.54, 1.807) is 33.0 Å². The van der Waals surface area contributed by atoms with E-state index in [4.69, 9.17) is 10.5 Å². The average molecular weight is 447 g/mol. The molecule has 7 heteroatoms. The predicted molar refractivity (Wildman–Crippen MR) is 131 cm³/mol. The van der Waals surface area contributed by atoms with Crippen molar-refractivity contribution >= 4 is 23.4 Å². The van der Waals surface area contributed by atoms with Gasteiger partial charge in [0.1, 0.15) is 11.6 Å². The standard InChI is InChI=1S/C26H30N4O3/c1-17-12-19(10-11-28-17)20-14-21(27)16-22(15-20)29-24(31)23(13-18-8-6-5-7-9-18)30-25(32)33-26(2,3)4/h5-12,14-16,23H,13,27H2,1-4H3,(H,29,31)(H,30,32). The van der Waals surface area contributed by atoms with Crippen molar-refractivity contribution in [3.63, 3.8) is 0 Å². The average Bonchev–Trinajstić information content (AvgIpc) is 2.72. The highest BCUT2D eigenvalue weighted by atomic mass is 16.6. The zero-order valence-corrected chi connectivity index (χ0v) is 19.4. The number of aromatic nitrogens is 1. The Kier molecular flexibility index (Phi) is 7.33. The molecule has 172 valence electrons. The number of nitrogen functional groups attached to an aromatic ring is 1. The van der Waals surface area contributed by atoms with Crippen molar-refractivity contribution in [2.75, 3.05) is 11.1 Å². The van der Waals surface area contributed by atoms with Crippen LogP contribution < -0.4 is 16.4 Å². The van der Waals surface area contributed by atoms with E-state index in [0.717, 1.165) is 22.4 Å². The summed E-state index contributed by atoms with van der Waals surface area (Å²) in [6, 6.07) is 17.8. The maximum absolute atomic E-state index is 13.2. The number of carbonyl (C=O) groups is 2. The number of alkyl carbamates (subject to hydrolysis) is 1. The number of hydrogen-bond acceptors (Lipinski definition) is 5. The van der Waals surface area contributed by atoms with Crippen LogP contribution in [0.1, 0.15) is 32.0 Å². The van der Waals surface area contributed by atoms with Crippen molar-refractivity contribution in [1.29, 1.82) is 0 Å². The van der Waals surface area contributed by atoms with Crippen LogP contribution >= 0.6 is 0 Å². The lowest BCUT2D eigenvalue weighted by atomic mass is 10.0. The first-order chi connectivity index (χ1) is 15.6. The second kappa shape index (κ2) is 10.2. The molecule has 4 N–H and O–H groups in total. The maximum atomic E-state index is 13.2. The van der Waals surface area contributed by atoms with Gasteiger partial charge in [-0.05, 0) is 74.7 Å². The van der Waals surface area contributed by atoms with Gasteiger partial charge in [0.2, 0.25) is 5.91 Å². The van der Waals surface area contributed by atoms with Gasteiger partial charge in [-0.3, -0.25) is 9.78 Å². The predicted octanol–water partition coefficient (Wildman–Crippen LogP) is 4.71. The zero-order chi connectivity index (χ0) is 24.0. The highest BCUT2D eigenvalue weighted by Crippen LogP contribution is 2.26. The van der Waals surface area contributed by atoms with Gasteiger partial charge in [-0.15, -0.1) is 0 Å². The summed E-state index contributed by atoms with van der Waals surface area (Å²) in [4.78, 5) is 29.8. The number of amides is 2. The molecule has 1 atom stereocenters. The van der Waals surface area contributed by atoms with Crippen molar-refractivity contribution in [2.45, 2.75) is 45.8 Å². The zero-order valence-electron chi connectivity index (χ0n) is 19.4. The molecule has 0 spiro atoms. The Morgan fingerprint density at radius 2 is 1.76 bits per heavy atom. The maximum Gasteiger partial charge on any atom is 0.408 e. The highest BCUT2D eigenvalue weighted by molar-refractivity contribution is 5.97. The molecule has 1 aromatic heterocycles. The lowest BCUT2D eigenvalue weighted by Crippen LogP contribution is -2.47. The number of hydrogen-bond donors (Lipinski definition) is 3. The van der Waals surface area contributed by atoms with Crippen molar-refractivity contribution in [2.24, 2.45) is 0 Å². The SMILES string of the molecule is Cc1cc(-c2cc(N)cc(NC(=O)C(Cc3ccccc3)NC(=O)OC(C)(C)C)c2)ccn1. The molecule has 1 unspecified atom stereocenters. The summed E-state index contributed by atoms with van der Waals surface area (Å²) in [5.41, 5.74) is 10.1. The van der Waals surface area contributed by atoms with Crippen molar-refractivity contribution < 1.29 is 14.3 Å². The molecule has 2 amide bonds. The van der Waals surface area contributed by atoms with Gasteiger partial charge in [0.15, 0.2) is 0 Å². The first kappa shape index (κ1) is 23.8. The van der Waals surface area contributed by atoms with Crippen LogP contribution in [0.5, 0.6) is 0 Å². The van der Waals surface area contributed by atoms with E-state index in [0.29, 0.717) is 17.8 Å². The van der Waals surface area contributed by atoms with E-state index < -0.39 is 17.7 Å². The number of nitrogens with one attached hydrogen (secondary N) is 2. The van der Waals surface area contributed by atoms with Crippen LogP contribution in [0.25, 0.3) is 11.1 Å². The van der Waals surface area contributed by atoms with Gasteiger partial charge in [0, 0.05) is 29.7 Å². The minimum absolute atomic E-state index is 0.310. The summed E-state index contributed by atoms with van der Waals surface area (Å²) >= 11 is 0. The number of aryl methyl sites for hydroxylation is 1. The molecule has 3 rings (SSSR count). The Hall–Kier alpha value is -3.87. The van der Waals surface area contributed by atoms with Crippen LogP contribution in [-0.2, 0) is 16.0 Å². The van der Waals surface area contributed by atoms with Crippen LogP contribution in [0.2, 0.25) is 0 Å². The summed E-state index contributed by atoms with van der Waals surface area (Å²) in [6.07, 6.45) is 1.39. The summed E-state index contributed by atoms with van der Waals surface area (Å²) in [7, 11) is 0. The molecule has 1 heterocycles. The van der Waals surface area contributed by atoms with Crippen LogP contribution in [0.4, 0.5) is 16.2 Å². The number of ether oxygens (including phenoxy) is 1. The van der Waals surface area contributed by atoms with Crippen LogP contribution in [0.3, 0.4) is 0 Å². The normalized spacial score (nSPS) is 12.0. The third kappa shape index (κ3) is 7.35. The Labute approximate surface area is 194 Å². The number of anilines is 2. The lowest BCUT2D eigenvalue weighted by Gasteiger charge is -2.23. The molecule has 0 aliphatic heterocycles. The number of nitrogens with zero attached hydrogens (tertiary/aromatic N) is 1. The largest absolute Gasteiger partial charge is 0.444 e. The molecular formula is C26H30N4O3. The molecule has 0 fully saturated rings. The first-order valence-electron chi connectivity index (χ1n) is 10.8. The quantitative estimate of drug-likeness (QED) is 0.475. The third-order valence-corrected chi connectivity index (χ3v) is 4.74. The fourth-order valence-corrected chi connectivity index (χ4v) is 3.35. The number of pyridine rings is 1. The number of rotatable bonds is 6. The summed E-state index contributed by atoms with van der Waals surface area (Å²) in [5.74, 6) is -0.368. The second-order valence-electron chi connectivity index (χ2n) is 8.91. The van der Waals surface area contributed by atoms with Gasteiger partial charge < -0.3 is 21.1 Å². The molecule has 0 radical (unpaired) electrons. The third-order valence-electron chi connectivity index (χ3n) is 4.74. The van der Waals surface area contributed by atoms with Crippen molar-refractivity contribution in [3.8, 4) is 11.1 Å². The van der Waals surface area contributed by atoms with Gasteiger partial charge in [-0.1, -0.05) is 30.3 Å². The number of carbonyl (C=O) groups excluding carboxylic acids is 2. The molecule has 0 saturated carbocycles. The molecule has 7 nitrogen and oxygen atoms in total.